The van der Waals surface area contributed by atoms with Crippen molar-refractivity contribution in [3.63, 3.8) is 0 Å². The Morgan fingerprint density at radius 3 is 2.44 bits per heavy atom. The number of aliphatic hydroxyl groups excluding tert-OH is 1. The summed E-state index contributed by atoms with van der Waals surface area (Å²) >= 11 is 0.431. The minimum atomic E-state index is -4.64. The van der Waals surface area contributed by atoms with E-state index in [4.69, 9.17) is 9.72 Å². The molecule has 0 unspecified atom stereocenters. The molecule has 3 aromatic rings. The molecular weight excluding hydrogens is 581 g/mol. The molecule has 15 heteroatoms. The van der Waals surface area contributed by atoms with Gasteiger partial charge >= 0.3 is 6.18 Å². The third-order valence-electron chi connectivity index (χ3n) is 9.03. The number of aromatic nitrogens is 4. The van der Waals surface area contributed by atoms with Crippen LogP contribution in [0.4, 0.5) is 18.9 Å². The lowest BCUT2D eigenvalue weighted by atomic mass is 9.74. The largest absolute Gasteiger partial charge is 0.445 e. The highest BCUT2D eigenvalue weighted by Crippen LogP contribution is 2.48. The number of aliphatic hydroxyl groups is 1. The van der Waals surface area contributed by atoms with Crippen molar-refractivity contribution in [2.24, 2.45) is 5.41 Å². The van der Waals surface area contributed by atoms with E-state index in [0.717, 1.165) is 25.7 Å². The Morgan fingerprint density at radius 2 is 1.88 bits per heavy atom. The van der Waals surface area contributed by atoms with E-state index in [9.17, 15) is 26.7 Å². The molecule has 41 heavy (non-hydrogen) atoms. The Kier molecular flexibility index (Phi) is 6.09. The quantitative estimate of drug-likeness (QED) is 0.430. The molecule has 2 aliphatic heterocycles. The van der Waals surface area contributed by atoms with E-state index in [2.05, 4.69) is 19.8 Å². The van der Waals surface area contributed by atoms with Crippen LogP contribution in [-0.2, 0) is 20.9 Å². The second-order valence-electron chi connectivity index (χ2n) is 12.3. The molecule has 2 N–H and O–H groups in total. The van der Waals surface area contributed by atoms with Crippen LogP contribution >= 0.6 is 11.3 Å². The first-order chi connectivity index (χ1) is 19.3. The molecular formula is C26H31F3N6O4S2. The highest BCUT2D eigenvalue weighted by Gasteiger charge is 2.49. The number of imidazole rings is 1. The number of piperidine rings is 1. The molecule has 0 amide bonds. The van der Waals surface area contributed by atoms with Crippen molar-refractivity contribution in [3.05, 3.63) is 23.0 Å². The van der Waals surface area contributed by atoms with Crippen LogP contribution in [0.1, 0.15) is 69.0 Å². The summed E-state index contributed by atoms with van der Waals surface area (Å²) in [5.74, 6) is 0.0523. The Bertz CT molecular complexity index is 1620. The molecule has 2 saturated carbocycles. The van der Waals surface area contributed by atoms with Crippen molar-refractivity contribution in [1.82, 2.24) is 24.3 Å². The van der Waals surface area contributed by atoms with Gasteiger partial charge in [0.1, 0.15) is 10.6 Å². The van der Waals surface area contributed by atoms with Gasteiger partial charge in [-0.25, -0.2) is 18.1 Å². The zero-order chi connectivity index (χ0) is 28.9. The van der Waals surface area contributed by atoms with Gasteiger partial charge in [0.25, 0.3) is 0 Å². The third kappa shape index (κ3) is 4.73. The van der Waals surface area contributed by atoms with Gasteiger partial charge in [0.05, 0.1) is 30.2 Å². The van der Waals surface area contributed by atoms with Crippen molar-refractivity contribution >= 4 is 32.7 Å². The fourth-order valence-electron chi connectivity index (χ4n) is 6.07. The van der Waals surface area contributed by atoms with Crippen LogP contribution in [-0.4, -0.2) is 70.5 Å². The summed E-state index contributed by atoms with van der Waals surface area (Å²) in [4.78, 5) is 6.98. The number of fused-ring (bicyclic) bond motifs is 1. The number of hydrogen-bond donors (Lipinski definition) is 2. The predicted molar refractivity (Wildman–Crippen MR) is 144 cm³/mol. The summed E-state index contributed by atoms with van der Waals surface area (Å²) in [6, 6.07) is 1.61. The summed E-state index contributed by atoms with van der Waals surface area (Å²) in [5.41, 5.74) is 1.13. The third-order valence-corrected chi connectivity index (χ3v) is 11.6. The molecule has 4 aliphatic rings. The molecule has 222 valence electrons. The van der Waals surface area contributed by atoms with Gasteiger partial charge in [0.2, 0.25) is 15.0 Å². The van der Waals surface area contributed by atoms with Gasteiger partial charge in [-0.1, -0.05) is 11.3 Å². The number of alkyl halides is 3. The molecule has 0 radical (unpaired) electrons. The Labute approximate surface area is 239 Å². The van der Waals surface area contributed by atoms with E-state index in [0.29, 0.717) is 66.6 Å². The fraction of sp³-hybridized carbons (Fsp3) is 0.654. The molecule has 2 atom stereocenters. The van der Waals surface area contributed by atoms with Crippen molar-refractivity contribution in [3.8, 4) is 10.7 Å². The SMILES string of the molecule is C[C@@H]1OCC2(CCN(c3cc(S(=O)(=O)NC4(C)CC4)cn4c(-c5nnc(C(F)(F)F)s5)c(C5CC5)nc34)CC2)[C@H]1O. The van der Waals surface area contributed by atoms with E-state index in [1.54, 1.807) is 10.5 Å². The minimum absolute atomic E-state index is 0.00725. The van der Waals surface area contributed by atoms with Gasteiger partial charge in [0.15, 0.2) is 10.7 Å². The van der Waals surface area contributed by atoms with Gasteiger partial charge in [-0.05, 0) is 58.4 Å². The Hall–Kier alpha value is -2.33. The van der Waals surface area contributed by atoms with Crippen LogP contribution in [0.5, 0.6) is 0 Å². The van der Waals surface area contributed by atoms with Crippen LogP contribution in [0.15, 0.2) is 17.2 Å². The molecule has 7 rings (SSSR count). The number of anilines is 1. The van der Waals surface area contributed by atoms with E-state index in [1.807, 2.05) is 13.8 Å². The Balaban J connectivity index is 1.36. The molecule has 0 bridgehead atoms. The van der Waals surface area contributed by atoms with Crippen LogP contribution in [0.25, 0.3) is 16.3 Å². The maximum atomic E-state index is 13.6. The Morgan fingerprint density at radius 1 is 1.17 bits per heavy atom. The van der Waals surface area contributed by atoms with Crippen molar-refractivity contribution in [1.29, 1.82) is 0 Å². The van der Waals surface area contributed by atoms with Gasteiger partial charge in [-0.15, -0.1) is 10.2 Å². The van der Waals surface area contributed by atoms with Crippen LogP contribution < -0.4 is 9.62 Å². The topological polar surface area (TPSA) is 122 Å². The second kappa shape index (κ2) is 9.09. The molecule has 1 spiro atoms. The number of sulfonamides is 1. The summed E-state index contributed by atoms with van der Waals surface area (Å²) in [6.45, 7) is 5.25. The molecule has 3 aromatic heterocycles. The van der Waals surface area contributed by atoms with Crippen LogP contribution in [0.2, 0.25) is 0 Å². The van der Waals surface area contributed by atoms with Crippen molar-refractivity contribution in [2.45, 2.75) is 87.1 Å². The van der Waals surface area contributed by atoms with Gasteiger partial charge in [0, 0.05) is 36.2 Å². The van der Waals surface area contributed by atoms with E-state index in [-0.39, 0.29) is 27.3 Å². The van der Waals surface area contributed by atoms with Crippen molar-refractivity contribution < 1.29 is 31.4 Å². The normalized spacial score (nSPS) is 25.9. The zero-order valence-electron chi connectivity index (χ0n) is 22.6. The summed E-state index contributed by atoms with van der Waals surface area (Å²) < 4.78 is 77.7. The van der Waals surface area contributed by atoms with Gasteiger partial charge < -0.3 is 14.7 Å². The lowest BCUT2D eigenvalue weighted by Gasteiger charge is -2.41. The number of hydrogen-bond acceptors (Lipinski definition) is 9. The zero-order valence-corrected chi connectivity index (χ0v) is 24.2. The molecule has 10 nitrogen and oxygen atoms in total. The average Bonchev–Trinajstić information content (AvgIpc) is 3.76. The van der Waals surface area contributed by atoms with E-state index < -0.39 is 32.9 Å². The second-order valence-corrected chi connectivity index (χ2v) is 14.9. The van der Waals surface area contributed by atoms with E-state index in [1.165, 1.54) is 6.20 Å². The summed E-state index contributed by atoms with van der Waals surface area (Å²) in [7, 11) is -3.96. The predicted octanol–water partition coefficient (Wildman–Crippen LogP) is 3.95. The number of nitrogens with one attached hydrogen (secondary N) is 1. The minimum Gasteiger partial charge on any atom is -0.390 e. The summed E-state index contributed by atoms with van der Waals surface area (Å²) in [6.07, 6.45) is 0.387. The van der Waals surface area contributed by atoms with Crippen LogP contribution in [0, 0.1) is 5.41 Å². The smallest absolute Gasteiger partial charge is 0.390 e. The highest BCUT2D eigenvalue weighted by molar-refractivity contribution is 7.89. The monoisotopic (exact) mass is 612 g/mol. The molecule has 2 aliphatic carbocycles. The molecule has 2 saturated heterocycles. The summed E-state index contributed by atoms with van der Waals surface area (Å²) in [5, 5.41) is 17.1. The number of pyridine rings is 1. The molecule has 0 aromatic carbocycles. The fourth-order valence-corrected chi connectivity index (χ4v) is 8.31. The van der Waals surface area contributed by atoms with Crippen LogP contribution in [0.3, 0.4) is 0 Å². The standard InChI is InChI=1S/C26H31F3N6O4S2/c1-14-20(36)25(13-39-14)7-9-34(10-8-25)17-11-16(41(37,38)33-24(2)5-6-24)12-35-19(18(15-3-4-15)30-21(17)35)22-31-32-23(40-22)26(27,28)29/h11-12,14-15,20,33,36H,3-10,13H2,1-2H3/t14-,20-/m0/s1. The average molecular weight is 613 g/mol. The number of ether oxygens (including phenoxy) is 1. The maximum Gasteiger partial charge on any atom is 0.445 e. The number of halogens is 3. The number of nitrogens with zero attached hydrogens (tertiary/aromatic N) is 5. The first-order valence-corrected chi connectivity index (χ1v) is 16.1. The lowest BCUT2D eigenvalue weighted by molar-refractivity contribution is -0.138. The van der Waals surface area contributed by atoms with Gasteiger partial charge in [-0.2, -0.15) is 13.2 Å². The maximum absolute atomic E-state index is 13.6. The van der Waals surface area contributed by atoms with Crippen molar-refractivity contribution in [2.75, 3.05) is 24.6 Å². The molecule has 4 fully saturated rings. The molecule has 5 heterocycles. The van der Waals surface area contributed by atoms with Gasteiger partial charge in [-0.3, -0.25) is 4.40 Å². The number of rotatable bonds is 6. The lowest BCUT2D eigenvalue weighted by Crippen LogP contribution is -2.47. The first-order valence-electron chi connectivity index (χ1n) is 13.8. The van der Waals surface area contributed by atoms with E-state index >= 15 is 0 Å². The highest BCUT2D eigenvalue weighted by atomic mass is 32.2. The first kappa shape index (κ1) is 27.5.